The van der Waals surface area contributed by atoms with Crippen molar-refractivity contribution in [1.29, 1.82) is 0 Å². The van der Waals surface area contributed by atoms with Crippen molar-refractivity contribution >= 4 is 40.8 Å². The van der Waals surface area contributed by atoms with Gasteiger partial charge in [-0.05, 0) is 50.2 Å². The number of carbonyl (C=O) groups is 2. The van der Waals surface area contributed by atoms with Crippen LogP contribution in [0.3, 0.4) is 0 Å². The molecule has 2 aromatic carbocycles. The zero-order valence-corrected chi connectivity index (χ0v) is 15.2. The molecule has 2 rings (SSSR count). The molecule has 0 fully saturated rings. The van der Waals surface area contributed by atoms with E-state index in [1.807, 2.05) is 0 Å². The molecule has 0 unspecified atom stereocenters. The highest BCUT2D eigenvalue weighted by atomic mass is 35.5. The van der Waals surface area contributed by atoms with E-state index in [9.17, 15) is 9.59 Å². The summed E-state index contributed by atoms with van der Waals surface area (Å²) in [5.41, 5.74) is 0.689. The van der Waals surface area contributed by atoms with Gasteiger partial charge in [0.25, 0.3) is 5.91 Å². The fourth-order valence-electron chi connectivity index (χ4n) is 1.99. The lowest BCUT2D eigenvalue weighted by molar-refractivity contribution is -0.122. The maximum atomic E-state index is 12.3. The first-order valence-corrected chi connectivity index (χ1v) is 8.36. The standard InChI is InChI=1S/C18H17Cl2NO4/c1-3-24-18(23)12-7-8-16(15(20)9-12)21-17(22)11(2)25-14-6-4-5-13(19)10-14/h4-11H,3H2,1-2H3,(H,21,22)/t11-/m0/s1. The number of halogens is 2. The number of rotatable bonds is 6. The van der Waals surface area contributed by atoms with E-state index < -0.39 is 12.1 Å². The third-order valence-corrected chi connectivity index (χ3v) is 3.76. The largest absolute Gasteiger partial charge is 0.481 e. The van der Waals surface area contributed by atoms with Gasteiger partial charge in [-0.3, -0.25) is 4.79 Å². The highest BCUT2D eigenvalue weighted by Gasteiger charge is 2.17. The van der Waals surface area contributed by atoms with Gasteiger partial charge in [-0.1, -0.05) is 29.3 Å². The Labute approximate surface area is 155 Å². The lowest BCUT2D eigenvalue weighted by atomic mass is 10.2. The van der Waals surface area contributed by atoms with E-state index in [0.717, 1.165) is 0 Å². The van der Waals surface area contributed by atoms with E-state index >= 15 is 0 Å². The molecule has 0 aliphatic heterocycles. The van der Waals surface area contributed by atoms with Crippen LogP contribution in [0.25, 0.3) is 0 Å². The predicted octanol–water partition coefficient (Wildman–Crippen LogP) is 4.58. The van der Waals surface area contributed by atoms with Gasteiger partial charge in [0.1, 0.15) is 5.75 Å². The number of hydrogen-bond donors (Lipinski definition) is 1. The number of carbonyl (C=O) groups excluding carboxylic acids is 2. The molecule has 7 heteroatoms. The van der Waals surface area contributed by atoms with Gasteiger partial charge in [-0.2, -0.15) is 0 Å². The topological polar surface area (TPSA) is 64.6 Å². The van der Waals surface area contributed by atoms with E-state index in [2.05, 4.69) is 5.32 Å². The summed E-state index contributed by atoms with van der Waals surface area (Å²) < 4.78 is 10.5. The maximum absolute atomic E-state index is 12.3. The van der Waals surface area contributed by atoms with Crippen LogP contribution in [-0.2, 0) is 9.53 Å². The van der Waals surface area contributed by atoms with Crippen molar-refractivity contribution in [3.63, 3.8) is 0 Å². The van der Waals surface area contributed by atoms with Gasteiger partial charge in [0, 0.05) is 5.02 Å². The molecule has 132 valence electrons. The quantitative estimate of drug-likeness (QED) is 0.743. The Bertz CT molecular complexity index is 779. The Morgan fingerprint density at radius 1 is 1.16 bits per heavy atom. The van der Waals surface area contributed by atoms with Crippen LogP contribution >= 0.6 is 23.2 Å². The van der Waals surface area contributed by atoms with Crippen LogP contribution in [-0.4, -0.2) is 24.6 Å². The first kappa shape index (κ1) is 19.1. The van der Waals surface area contributed by atoms with Crippen LogP contribution < -0.4 is 10.1 Å². The van der Waals surface area contributed by atoms with E-state index in [4.69, 9.17) is 32.7 Å². The molecule has 5 nitrogen and oxygen atoms in total. The number of esters is 1. The van der Waals surface area contributed by atoms with Gasteiger partial charge < -0.3 is 14.8 Å². The fourth-order valence-corrected chi connectivity index (χ4v) is 2.40. The Morgan fingerprint density at radius 2 is 1.92 bits per heavy atom. The molecule has 1 amide bonds. The van der Waals surface area contributed by atoms with Gasteiger partial charge in [0.15, 0.2) is 6.10 Å². The summed E-state index contributed by atoms with van der Waals surface area (Å²) in [5.74, 6) is -0.371. The van der Waals surface area contributed by atoms with Crippen LogP contribution in [0.15, 0.2) is 42.5 Å². The van der Waals surface area contributed by atoms with E-state index in [-0.39, 0.29) is 17.5 Å². The van der Waals surface area contributed by atoms with Crippen molar-refractivity contribution in [2.45, 2.75) is 20.0 Å². The van der Waals surface area contributed by atoms with Crippen molar-refractivity contribution in [3.8, 4) is 5.75 Å². The summed E-state index contributed by atoms with van der Waals surface area (Å²) >= 11 is 12.0. The summed E-state index contributed by atoms with van der Waals surface area (Å²) in [4.78, 5) is 23.9. The minimum Gasteiger partial charge on any atom is -0.481 e. The van der Waals surface area contributed by atoms with Crippen molar-refractivity contribution < 1.29 is 19.1 Å². The monoisotopic (exact) mass is 381 g/mol. The summed E-state index contributed by atoms with van der Waals surface area (Å²) in [6.45, 7) is 3.60. The number of amides is 1. The SMILES string of the molecule is CCOC(=O)c1ccc(NC(=O)[C@H](C)Oc2cccc(Cl)c2)c(Cl)c1. The lowest BCUT2D eigenvalue weighted by Gasteiger charge is -2.15. The molecule has 0 bridgehead atoms. The third kappa shape index (κ3) is 5.37. The molecule has 0 saturated carbocycles. The Balaban J connectivity index is 2.03. The number of anilines is 1. The highest BCUT2D eigenvalue weighted by Crippen LogP contribution is 2.24. The van der Waals surface area contributed by atoms with Crippen LogP contribution in [0, 0.1) is 0 Å². The van der Waals surface area contributed by atoms with Crippen molar-refractivity contribution in [2.24, 2.45) is 0 Å². The lowest BCUT2D eigenvalue weighted by Crippen LogP contribution is -2.30. The first-order chi connectivity index (χ1) is 11.9. The van der Waals surface area contributed by atoms with Crippen molar-refractivity contribution in [1.82, 2.24) is 0 Å². The maximum Gasteiger partial charge on any atom is 0.338 e. The van der Waals surface area contributed by atoms with Crippen molar-refractivity contribution in [2.75, 3.05) is 11.9 Å². The molecule has 0 aliphatic rings. The molecule has 0 radical (unpaired) electrons. The molecular formula is C18H17Cl2NO4. The number of nitrogens with one attached hydrogen (secondary N) is 1. The van der Waals surface area contributed by atoms with Crippen LogP contribution in [0.4, 0.5) is 5.69 Å². The van der Waals surface area contributed by atoms with E-state index in [1.165, 1.54) is 12.1 Å². The van der Waals surface area contributed by atoms with Gasteiger partial charge >= 0.3 is 5.97 Å². The van der Waals surface area contributed by atoms with Gasteiger partial charge in [0.05, 0.1) is 22.9 Å². The predicted molar refractivity (Wildman–Crippen MR) is 97.6 cm³/mol. The second-order valence-corrected chi connectivity index (χ2v) is 5.97. The minimum absolute atomic E-state index is 0.230. The van der Waals surface area contributed by atoms with Crippen LogP contribution in [0.5, 0.6) is 5.75 Å². The molecule has 0 aliphatic carbocycles. The molecule has 25 heavy (non-hydrogen) atoms. The Hall–Kier alpha value is -2.24. The summed E-state index contributed by atoms with van der Waals surface area (Å²) in [7, 11) is 0. The average Bonchev–Trinajstić information content (AvgIpc) is 2.56. The van der Waals surface area contributed by atoms with Crippen molar-refractivity contribution in [3.05, 3.63) is 58.1 Å². The minimum atomic E-state index is -0.765. The smallest absolute Gasteiger partial charge is 0.338 e. The molecule has 2 aromatic rings. The van der Waals surface area contributed by atoms with Gasteiger partial charge in [0.2, 0.25) is 0 Å². The molecule has 0 spiro atoms. The molecule has 0 aromatic heterocycles. The van der Waals surface area contributed by atoms with Crippen LogP contribution in [0.1, 0.15) is 24.2 Å². The Kier molecular flexibility index (Phi) is 6.67. The average molecular weight is 382 g/mol. The van der Waals surface area contributed by atoms with Gasteiger partial charge in [-0.25, -0.2) is 4.79 Å². The first-order valence-electron chi connectivity index (χ1n) is 7.60. The molecule has 0 heterocycles. The highest BCUT2D eigenvalue weighted by molar-refractivity contribution is 6.34. The van der Waals surface area contributed by atoms with Crippen LogP contribution in [0.2, 0.25) is 10.0 Å². The molecule has 0 saturated heterocycles. The Morgan fingerprint density at radius 3 is 2.56 bits per heavy atom. The number of hydrogen-bond acceptors (Lipinski definition) is 4. The second kappa shape index (κ2) is 8.74. The third-order valence-electron chi connectivity index (χ3n) is 3.22. The number of benzene rings is 2. The zero-order valence-electron chi connectivity index (χ0n) is 13.7. The van der Waals surface area contributed by atoms with E-state index in [1.54, 1.807) is 44.2 Å². The number of ether oxygens (including phenoxy) is 2. The molecule has 1 atom stereocenters. The molecular weight excluding hydrogens is 365 g/mol. The van der Waals surface area contributed by atoms with Gasteiger partial charge in [-0.15, -0.1) is 0 Å². The second-order valence-electron chi connectivity index (χ2n) is 5.12. The fraction of sp³-hybridized carbons (Fsp3) is 0.222. The summed E-state index contributed by atoms with van der Waals surface area (Å²) in [5, 5.41) is 3.41. The zero-order chi connectivity index (χ0) is 18.4. The molecule has 1 N–H and O–H groups in total. The van der Waals surface area contributed by atoms with E-state index in [0.29, 0.717) is 22.0 Å². The summed E-state index contributed by atoms with van der Waals surface area (Å²) in [6.07, 6.45) is -0.765. The normalized spacial score (nSPS) is 11.5. The summed E-state index contributed by atoms with van der Waals surface area (Å²) in [6, 6.07) is 11.3.